The molecule has 114 heavy (non-hydrogen) atoms. The second-order valence-corrected chi connectivity index (χ2v) is 38.9. The number of nitrogens with zero attached hydrogens (tertiary/aromatic N) is 4. The summed E-state index contributed by atoms with van der Waals surface area (Å²) in [6, 6.07) is 103. The molecule has 0 amide bonds. The SMILES string of the molecule is CC1CCCC2(C)C1c1cc(-c3ccc4c(c3)C(C)(C)c3cc(-c5ccc6c(c5)C5C(C)CCCC5(C)N6c5ccccc5)ccc3-4)ccc1N2c1ccccc1.CC1CCCC2(C)C1c1cc(-c3ccc4c(c3)C(C)(C)c3cc(-c5ccc6c(c5)C5C(C)CCCC5(C)N6c5ccccc5)ccc3-4)ccc1N2c1ccccc1. The van der Waals surface area contributed by atoms with E-state index in [0.29, 0.717) is 47.3 Å². The Morgan fingerprint density at radius 3 is 0.632 bits per heavy atom. The number of benzene rings is 12. The van der Waals surface area contributed by atoms with Crippen molar-refractivity contribution >= 4 is 45.5 Å². The summed E-state index contributed by atoms with van der Waals surface area (Å²) in [5.41, 5.74) is 39.1. The Kier molecular flexibility index (Phi) is 16.4. The lowest BCUT2D eigenvalue weighted by Crippen LogP contribution is -2.47. The molecule has 0 N–H and O–H groups in total. The summed E-state index contributed by atoms with van der Waals surface area (Å²) in [4.78, 5) is 10.7. The maximum atomic E-state index is 2.68. The molecule has 12 aromatic rings. The molecular formula is C110H112N4. The summed E-state index contributed by atoms with van der Waals surface area (Å²) in [5, 5.41) is 0. The fraction of sp³-hybridized carbons (Fsp3) is 0.345. The molecule has 4 nitrogen and oxygen atoms in total. The van der Waals surface area contributed by atoms with Crippen LogP contribution in [-0.2, 0) is 10.8 Å². The predicted octanol–water partition coefficient (Wildman–Crippen LogP) is 29.9. The molecule has 0 spiro atoms. The van der Waals surface area contributed by atoms with Gasteiger partial charge < -0.3 is 19.6 Å². The fourth-order valence-electron chi connectivity index (χ4n) is 26.5. The number of fused-ring (bicyclic) bond motifs is 18. The van der Waals surface area contributed by atoms with Crippen molar-refractivity contribution in [2.75, 3.05) is 19.6 Å². The molecule has 0 radical (unpaired) electrons. The van der Waals surface area contributed by atoms with Crippen LogP contribution in [0.4, 0.5) is 45.5 Å². The maximum Gasteiger partial charge on any atom is 0.0495 e. The first-order chi connectivity index (χ1) is 55.2. The molecular weight excluding hydrogens is 1380 g/mol. The highest BCUT2D eigenvalue weighted by molar-refractivity contribution is 5.91. The smallest absolute Gasteiger partial charge is 0.0495 e. The van der Waals surface area contributed by atoms with Gasteiger partial charge >= 0.3 is 0 Å². The summed E-state index contributed by atoms with van der Waals surface area (Å²) in [7, 11) is 0. The molecule has 12 unspecified atom stereocenters. The van der Waals surface area contributed by atoms with Crippen LogP contribution in [0.1, 0.15) is 228 Å². The zero-order chi connectivity index (χ0) is 77.7. The molecule has 4 fully saturated rings. The number of rotatable bonds is 8. The Labute approximate surface area is 679 Å². The van der Waals surface area contributed by atoms with Crippen LogP contribution >= 0.6 is 0 Å². The van der Waals surface area contributed by atoms with Gasteiger partial charge in [0.25, 0.3) is 0 Å². The van der Waals surface area contributed by atoms with Crippen molar-refractivity contribution in [3.05, 3.63) is 311 Å². The predicted molar refractivity (Wildman–Crippen MR) is 481 cm³/mol. The van der Waals surface area contributed by atoms with E-state index in [4.69, 9.17) is 0 Å². The highest BCUT2D eigenvalue weighted by Gasteiger charge is 2.57. The molecule has 12 aromatic carbocycles. The van der Waals surface area contributed by atoms with Gasteiger partial charge in [-0.3, -0.25) is 0 Å². The van der Waals surface area contributed by atoms with Crippen molar-refractivity contribution < 1.29 is 0 Å². The summed E-state index contributed by atoms with van der Waals surface area (Å²) in [5.74, 6) is 4.68. The highest BCUT2D eigenvalue weighted by atomic mass is 15.3. The fourth-order valence-corrected chi connectivity index (χ4v) is 26.5. The third-order valence-corrected chi connectivity index (χ3v) is 31.5. The van der Waals surface area contributed by atoms with Crippen molar-refractivity contribution in [3.8, 4) is 66.8 Å². The van der Waals surface area contributed by atoms with Crippen molar-refractivity contribution in [1.82, 2.24) is 0 Å². The lowest BCUT2D eigenvalue weighted by molar-refractivity contribution is 0.223. The molecule has 6 aliphatic carbocycles. The quantitative estimate of drug-likeness (QED) is 0.150. The Morgan fingerprint density at radius 1 is 0.228 bits per heavy atom. The van der Waals surface area contributed by atoms with E-state index >= 15 is 0 Å². The van der Waals surface area contributed by atoms with Gasteiger partial charge in [0, 0.05) is 102 Å². The topological polar surface area (TPSA) is 13.0 Å². The van der Waals surface area contributed by atoms with Gasteiger partial charge in [0.15, 0.2) is 0 Å². The lowest BCUT2D eigenvalue weighted by Gasteiger charge is -2.46. The van der Waals surface area contributed by atoms with Crippen LogP contribution in [0.2, 0.25) is 0 Å². The highest BCUT2D eigenvalue weighted by Crippen LogP contribution is 2.66. The van der Waals surface area contributed by atoms with E-state index in [1.165, 1.54) is 234 Å². The third kappa shape index (κ3) is 10.5. The van der Waals surface area contributed by atoms with Gasteiger partial charge in [-0.25, -0.2) is 0 Å². The van der Waals surface area contributed by atoms with Gasteiger partial charge in [-0.05, 0) is 335 Å². The van der Waals surface area contributed by atoms with Gasteiger partial charge in [0.05, 0.1) is 0 Å². The van der Waals surface area contributed by atoms with Crippen LogP contribution in [0.15, 0.2) is 267 Å². The molecule has 0 saturated heterocycles. The third-order valence-electron chi connectivity index (χ3n) is 31.5. The van der Waals surface area contributed by atoms with Crippen LogP contribution in [0, 0.1) is 23.7 Å². The number of anilines is 8. The Morgan fingerprint density at radius 2 is 0.421 bits per heavy atom. The van der Waals surface area contributed by atoms with E-state index in [1.807, 2.05) is 0 Å². The molecule has 0 aromatic heterocycles. The molecule has 10 aliphatic rings. The zero-order valence-corrected chi connectivity index (χ0v) is 69.3. The monoisotopic (exact) mass is 1490 g/mol. The van der Waals surface area contributed by atoms with E-state index in [9.17, 15) is 0 Å². The minimum absolute atomic E-state index is 0.0910. The maximum absolute atomic E-state index is 2.68. The second kappa shape index (κ2) is 26.2. The molecule has 4 saturated carbocycles. The minimum atomic E-state index is -0.106. The molecule has 4 heteroatoms. The number of hydrogen-bond acceptors (Lipinski definition) is 4. The minimum Gasteiger partial charge on any atom is -0.335 e. The standard InChI is InChI=1S/2C55H56N2/c2*1-35-15-13-29-54(5)51(35)45-31-37(23-27-49(45)56(54)41-17-9-7-10-18-41)39-21-25-43-44-26-22-40(34-48(44)53(3,4)47(43)33-39)38-24-28-50-46(32-38)52-36(2)16-14-30-55(52,6)57(50)42-19-11-8-12-20-42/h2*7-12,17-28,31-36,51-52H,13-16,29-30H2,1-6H3. The van der Waals surface area contributed by atoms with Crippen LogP contribution < -0.4 is 19.6 Å². The molecule has 0 bridgehead atoms. The van der Waals surface area contributed by atoms with Crippen molar-refractivity contribution in [3.63, 3.8) is 0 Å². The molecule has 4 heterocycles. The Hall–Kier alpha value is -10.2. The second-order valence-electron chi connectivity index (χ2n) is 38.9. The van der Waals surface area contributed by atoms with Crippen LogP contribution in [0.25, 0.3) is 66.8 Å². The van der Waals surface area contributed by atoms with E-state index in [2.05, 4.69) is 370 Å². The molecule has 572 valence electrons. The molecule has 4 aliphatic heterocycles. The first-order valence-corrected chi connectivity index (χ1v) is 43.7. The molecule has 22 rings (SSSR count). The number of hydrogen-bond donors (Lipinski definition) is 0. The first kappa shape index (κ1) is 71.6. The average Bonchev–Trinajstić information content (AvgIpc) is 1.57. The van der Waals surface area contributed by atoms with Gasteiger partial charge in [-0.2, -0.15) is 0 Å². The first-order valence-electron chi connectivity index (χ1n) is 43.7. The van der Waals surface area contributed by atoms with Crippen LogP contribution in [0.5, 0.6) is 0 Å². The van der Waals surface area contributed by atoms with Crippen molar-refractivity contribution in [2.24, 2.45) is 23.7 Å². The van der Waals surface area contributed by atoms with Crippen molar-refractivity contribution in [1.29, 1.82) is 0 Å². The van der Waals surface area contributed by atoms with E-state index in [0.717, 1.165) is 0 Å². The van der Waals surface area contributed by atoms with Gasteiger partial charge in [0.1, 0.15) is 0 Å². The van der Waals surface area contributed by atoms with Gasteiger partial charge in [0.2, 0.25) is 0 Å². The summed E-state index contributed by atoms with van der Waals surface area (Å²) in [6.45, 7) is 29.8. The van der Waals surface area contributed by atoms with Crippen LogP contribution in [0.3, 0.4) is 0 Å². The number of para-hydroxylation sites is 4. The Balaban J connectivity index is 0.000000143. The Bertz CT molecular complexity index is 5100. The summed E-state index contributed by atoms with van der Waals surface area (Å²) in [6.07, 6.45) is 15.3. The van der Waals surface area contributed by atoms with E-state index < -0.39 is 0 Å². The summed E-state index contributed by atoms with van der Waals surface area (Å²) >= 11 is 0. The lowest BCUT2D eigenvalue weighted by atomic mass is 9.67. The molecule has 12 atom stereocenters. The van der Waals surface area contributed by atoms with Gasteiger partial charge in [-0.1, -0.05) is 227 Å². The zero-order valence-electron chi connectivity index (χ0n) is 69.3. The van der Waals surface area contributed by atoms with Crippen LogP contribution in [-0.4, -0.2) is 22.2 Å². The largest absolute Gasteiger partial charge is 0.335 e. The van der Waals surface area contributed by atoms with Gasteiger partial charge in [-0.15, -0.1) is 0 Å². The van der Waals surface area contributed by atoms with E-state index in [-0.39, 0.29) is 33.0 Å². The van der Waals surface area contributed by atoms with Crippen molar-refractivity contribution in [2.45, 2.75) is 217 Å². The van der Waals surface area contributed by atoms with E-state index in [1.54, 1.807) is 0 Å². The summed E-state index contributed by atoms with van der Waals surface area (Å²) < 4.78 is 0. The normalized spacial score (nSPS) is 27.6. The average molecular weight is 1490 g/mol.